The van der Waals surface area contributed by atoms with Gasteiger partial charge in [-0.05, 0) is 25.5 Å². The number of halogens is 1. The number of methoxy groups -OCH3 is 1. The average Bonchev–Trinajstić information content (AvgIpc) is 2.85. The van der Waals surface area contributed by atoms with Gasteiger partial charge in [0.1, 0.15) is 11.3 Å². The molecule has 0 aliphatic rings. The lowest BCUT2D eigenvalue weighted by Crippen LogP contribution is -2.13. The third kappa shape index (κ3) is 3.10. The van der Waals surface area contributed by atoms with Crippen LogP contribution in [0, 0.1) is 13.8 Å². The van der Waals surface area contributed by atoms with Gasteiger partial charge in [-0.15, -0.1) is 0 Å². The van der Waals surface area contributed by atoms with Crippen LogP contribution in [0.4, 0.5) is 5.69 Å². The predicted octanol–water partition coefficient (Wildman–Crippen LogP) is 3.14. The average molecular weight is 344 g/mol. The molecule has 0 spiro atoms. The first kappa shape index (κ1) is 16.4. The largest absolute Gasteiger partial charge is 0.465 e. The van der Waals surface area contributed by atoms with Crippen molar-refractivity contribution < 1.29 is 22.4 Å². The normalized spacial score (nSPS) is 11.3. The molecule has 22 heavy (non-hydrogen) atoms. The Bertz CT molecular complexity index is 806. The highest BCUT2D eigenvalue weighted by Gasteiger charge is 2.25. The fourth-order valence-corrected chi connectivity index (χ4v) is 3.32. The number of carbonyl (C=O) groups is 1. The van der Waals surface area contributed by atoms with Crippen molar-refractivity contribution in [2.45, 2.75) is 18.9 Å². The van der Waals surface area contributed by atoms with Gasteiger partial charge in [0.2, 0.25) is 5.09 Å². The second-order valence-corrected chi connectivity index (χ2v) is 6.58. The number of carbonyl (C=O) groups excluding carboxylic acids is 1. The van der Waals surface area contributed by atoms with Crippen molar-refractivity contribution in [1.82, 2.24) is 0 Å². The monoisotopic (exact) mass is 343 g/mol. The summed E-state index contributed by atoms with van der Waals surface area (Å²) >= 11 is 6.00. The third-order valence-electron chi connectivity index (χ3n) is 3.02. The van der Waals surface area contributed by atoms with Crippen molar-refractivity contribution in [1.29, 1.82) is 0 Å². The Morgan fingerprint density at radius 1 is 1.32 bits per heavy atom. The number of ether oxygens (including phenoxy) is 1. The smallest absolute Gasteiger partial charge is 0.341 e. The van der Waals surface area contributed by atoms with E-state index < -0.39 is 16.0 Å². The summed E-state index contributed by atoms with van der Waals surface area (Å²) < 4.78 is 36.8. The fourth-order valence-electron chi connectivity index (χ4n) is 1.85. The molecule has 1 aromatic carbocycles. The maximum atomic E-state index is 12.4. The summed E-state index contributed by atoms with van der Waals surface area (Å²) in [5.74, 6) is -0.514. The number of para-hydroxylation sites is 1. The number of anilines is 1. The molecule has 1 heterocycles. The zero-order valence-electron chi connectivity index (χ0n) is 12.1. The lowest BCUT2D eigenvalue weighted by atomic mass is 10.2. The molecule has 118 valence electrons. The number of benzene rings is 1. The van der Waals surface area contributed by atoms with Gasteiger partial charge < -0.3 is 9.15 Å². The van der Waals surface area contributed by atoms with E-state index in [1.54, 1.807) is 25.1 Å². The van der Waals surface area contributed by atoms with Gasteiger partial charge >= 0.3 is 5.97 Å². The van der Waals surface area contributed by atoms with Crippen molar-refractivity contribution >= 4 is 33.3 Å². The standard InChI is InChI=1S/C14H14ClNO5S/c1-8-5-4-6-11(15)13(8)16-22(18,19)12-7-10(9(2)21-12)14(17)20-3/h4-7,16H,1-3H3. The van der Waals surface area contributed by atoms with Crippen LogP contribution in [0.5, 0.6) is 0 Å². The van der Waals surface area contributed by atoms with Gasteiger partial charge in [0.05, 0.1) is 17.8 Å². The van der Waals surface area contributed by atoms with Crippen molar-refractivity contribution in [2.75, 3.05) is 11.8 Å². The Labute approximate surface area is 133 Å². The number of rotatable bonds is 4. The number of esters is 1. The van der Waals surface area contributed by atoms with Gasteiger partial charge in [-0.2, -0.15) is 8.42 Å². The maximum absolute atomic E-state index is 12.4. The number of aryl methyl sites for hydroxylation is 2. The van der Waals surface area contributed by atoms with Gasteiger partial charge in [-0.25, -0.2) is 4.79 Å². The molecule has 0 aliphatic carbocycles. The highest BCUT2D eigenvalue weighted by Crippen LogP contribution is 2.29. The number of furan rings is 1. The SMILES string of the molecule is COC(=O)c1cc(S(=O)(=O)Nc2c(C)cccc2Cl)oc1C. The van der Waals surface area contributed by atoms with E-state index in [1.807, 2.05) is 0 Å². The molecule has 1 N–H and O–H groups in total. The summed E-state index contributed by atoms with van der Waals surface area (Å²) in [7, 11) is -2.81. The highest BCUT2D eigenvalue weighted by atomic mass is 35.5. The number of nitrogens with one attached hydrogen (secondary N) is 1. The van der Waals surface area contributed by atoms with E-state index in [-0.39, 0.29) is 27.1 Å². The van der Waals surface area contributed by atoms with Crippen LogP contribution < -0.4 is 4.72 Å². The minimum Gasteiger partial charge on any atom is -0.465 e. The Hall–Kier alpha value is -1.99. The summed E-state index contributed by atoms with van der Waals surface area (Å²) in [6, 6.07) is 6.12. The molecule has 0 bridgehead atoms. The van der Waals surface area contributed by atoms with E-state index in [9.17, 15) is 13.2 Å². The molecule has 2 rings (SSSR count). The molecule has 8 heteroatoms. The van der Waals surface area contributed by atoms with Crippen LogP contribution in [-0.4, -0.2) is 21.5 Å². The van der Waals surface area contributed by atoms with Crippen molar-refractivity contribution in [3.05, 3.63) is 46.2 Å². The first-order chi connectivity index (χ1) is 10.3. The van der Waals surface area contributed by atoms with Crippen LogP contribution in [0.15, 0.2) is 33.8 Å². The van der Waals surface area contributed by atoms with Gasteiger partial charge in [-0.3, -0.25) is 4.72 Å². The van der Waals surface area contributed by atoms with Gasteiger partial charge in [0, 0.05) is 6.07 Å². The Morgan fingerprint density at radius 3 is 2.59 bits per heavy atom. The van der Waals surface area contributed by atoms with E-state index in [2.05, 4.69) is 9.46 Å². The topological polar surface area (TPSA) is 85.6 Å². The van der Waals surface area contributed by atoms with E-state index in [4.69, 9.17) is 16.0 Å². The van der Waals surface area contributed by atoms with Crippen LogP contribution in [0.3, 0.4) is 0 Å². The molecule has 0 atom stereocenters. The van der Waals surface area contributed by atoms with Crippen LogP contribution in [0.1, 0.15) is 21.7 Å². The van der Waals surface area contributed by atoms with Crippen molar-refractivity contribution in [2.24, 2.45) is 0 Å². The highest BCUT2D eigenvalue weighted by molar-refractivity contribution is 7.92. The summed E-state index contributed by atoms with van der Waals surface area (Å²) in [6.07, 6.45) is 0. The zero-order chi connectivity index (χ0) is 16.5. The van der Waals surface area contributed by atoms with Crippen molar-refractivity contribution in [3.8, 4) is 0 Å². The molecule has 0 fully saturated rings. The van der Waals surface area contributed by atoms with Crippen molar-refractivity contribution in [3.63, 3.8) is 0 Å². The molecule has 0 amide bonds. The number of hydrogen-bond acceptors (Lipinski definition) is 5. The lowest BCUT2D eigenvalue weighted by Gasteiger charge is -2.10. The van der Waals surface area contributed by atoms with E-state index in [0.717, 1.165) is 6.07 Å². The molecule has 2 aromatic rings. The molecule has 6 nitrogen and oxygen atoms in total. The lowest BCUT2D eigenvalue weighted by molar-refractivity contribution is 0.0599. The number of hydrogen-bond donors (Lipinski definition) is 1. The Kier molecular flexibility index (Phi) is 4.48. The van der Waals surface area contributed by atoms with Gasteiger partial charge in [0.15, 0.2) is 0 Å². The van der Waals surface area contributed by atoms with Crippen LogP contribution in [0.25, 0.3) is 0 Å². The van der Waals surface area contributed by atoms with Crippen LogP contribution in [0.2, 0.25) is 5.02 Å². The minimum absolute atomic E-state index is 0.0544. The molecule has 0 radical (unpaired) electrons. The summed E-state index contributed by atoms with van der Waals surface area (Å²) in [6.45, 7) is 3.20. The molecule has 0 saturated carbocycles. The molecular weight excluding hydrogens is 330 g/mol. The molecule has 0 aliphatic heterocycles. The van der Waals surface area contributed by atoms with Crippen LogP contribution in [-0.2, 0) is 14.8 Å². The summed E-state index contributed by atoms with van der Waals surface area (Å²) in [5, 5.41) is -0.121. The van der Waals surface area contributed by atoms with E-state index >= 15 is 0 Å². The second-order valence-electron chi connectivity index (χ2n) is 4.56. The summed E-state index contributed by atoms with van der Waals surface area (Å²) in [4.78, 5) is 11.5. The van der Waals surface area contributed by atoms with Gasteiger partial charge in [0.25, 0.3) is 10.0 Å². The summed E-state index contributed by atoms with van der Waals surface area (Å²) in [5.41, 5.74) is 0.976. The predicted molar refractivity (Wildman–Crippen MR) is 81.8 cm³/mol. The quantitative estimate of drug-likeness (QED) is 0.862. The second kappa shape index (κ2) is 6.02. The maximum Gasteiger partial charge on any atom is 0.341 e. The minimum atomic E-state index is -4.01. The number of sulfonamides is 1. The third-order valence-corrected chi connectivity index (χ3v) is 4.54. The molecule has 0 saturated heterocycles. The van der Waals surface area contributed by atoms with Crippen LogP contribution >= 0.6 is 11.6 Å². The molecule has 1 aromatic heterocycles. The van der Waals surface area contributed by atoms with E-state index in [1.165, 1.54) is 14.0 Å². The Balaban J connectivity index is 2.42. The first-order valence-corrected chi connectivity index (χ1v) is 8.09. The zero-order valence-corrected chi connectivity index (χ0v) is 13.7. The first-order valence-electron chi connectivity index (χ1n) is 6.23. The molecular formula is C14H14ClNO5S. The van der Waals surface area contributed by atoms with E-state index in [0.29, 0.717) is 5.56 Å². The van der Waals surface area contributed by atoms with Gasteiger partial charge in [-0.1, -0.05) is 23.7 Å². The Morgan fingerprint density at radius 2 is 2.00 bits per heavy atom. The molecule has 0 unspecified atom stereocenters. The fraction of sp³-hybridized carbons (Fsp3) is 0.214.